The van der Waals surface area contributed by atoms with E-state index in [1.54, 1.807) is 4.90 Å². The van der Waals surface area contributed by atoms with E-state index in [4.69, 9.17) is 5.73 Å². The molecule has 1 rings (SSSR count). The van der Waals surface area contributed by atoms with Gasteiger partial charge < -0.3 is 10.8 Å². The molecule has 0 aliphatic rings. The molecule has 3 N–H and O–H groups in total. The van der Waals surface area contributed by atoms with Crippen LogP contribution in [0.15, 0.2) is 18.2 Å². The maximum Gasteiger partial charge on any atom is 0.231 e. The minimum atomic E-state index is -1.35. The lowest BCUT2D eigenvalue weighted by atomic mass is 10.1. The Morgan fingerprint density at radius 3 is 2.30 bits per heavy atom. The van der Waals surface area contributed by atoms with Crippen molar-refractivity contribution in [1.82, 2.24) is 4.90 Å². The van der Waals surface area contributed by atoms with Crippen molar-refractivity contribution in [2.45, 2.75) is 20.0 Å². The van der Waals surface area contributed by atoms with Crippen LogP contribution in [0.5, 0.6) is 0 Å². The smallest absolute Gasteiger partial charge is 0.231 e. The molecule has 1 aromatic rings. The number of nitrogens with zero attached hydrogens (tertiary/aromatic N) is 1. The largest absolute Gasteiger partial charge is 0.387 e. The van der Waals surface area contributed by atoms with E-state index in [0.29, 0.717) is 6.54 Å². The molecule has 0 radical (unpaired) electrons. The third kappa shape index (κ3) is 4.86. The third-order valence-electron chi connectivity index (χ3n) is 2.77. The number of rotatable bonds is 7. The molecule has 0 aromatic heterocycles. The van der Waals surface area contributed by atoms with Gasteiger partial charge in [-0.05, 0) is 18.1 Å². The van der Waals surface area contributed by atoms with Crippen LogP contribution in [-0.4, -0.2) is 35.5 Å². The molecular weight excluding hydrogens is 266 g/mol. The van der Waals surface area contributed by atoms with Crippen molar-refractivity contribution >= 4 is 5.91 Å². The second-order valence-corrected chi connectivity index (χ2v) is 5.21. The Morgan fingerprint density at radius 2 is 1.85 bits per heavy atom. The van der Waals surface area contributed by atoms with E-state index in [1.165, 1.54) is 6.07 Å². The number of nitrogens with two attached hydrogens (primary N) is 1. The molecule has 1 aromatic carbocycles. The molecule has 1 atom stereocenters. The number of aliphatic hydroxyl groups is 1. The van der Waals surface area contributed by atoms with Crippen molar-refractivity contribution in [3.63, 3.8) is 0 Å². The number of aliphatic hydroxyl groups excluding tert-OH is 1. The summed E-state index contributed by atoms with van der Waals surface area (Å²) in [6, 6.07) is 3.40. The lowest BCUT2D eigenvalue weighted by molar-refractivity contribution is -0.119. The number of hydrogen-bond donors (Lipinski definition) is 2. The van der Waals surface area contributed by atoms with Gasteiger partial charge >= 0.3 is 0 Å². The molecule has 112 valence electrons. The fourth-order valence-electron chi connectivity index (χ4n) is 2.11. The van der Waals surface area contributed by atoms with E-state index in [9.17, 15) is 18.7 Å². The average Bonchev–Trinajstić information content (AvgIpc) is 2.26. The van der Waals surface area contributed by atoms with E-state index < -0.39 is 23.6 Å². The monoisotopic (exact) mass is 286 g/mol. The van der Waals surface area contributed by atoms with Crippen LogP contribution in [-0.2, 0) is 4.79 Å². The Balaban J connectivity index is 2.84. The highest BCUT2D eigenvalue weighted by molar-refractivity contribution is 5.75. The Bertz CT molecular complexity index is 446. The fourth-order valence-corrected chi connectivity index (χ4v) is 2.11. The van der Waals surface area contributed by atoms with Gasteiger partial charge in [-0.25, -0.2) is 8.78 Å². The van der Waals surface area contributed by atoms with Crippen LogP contribution < -0.4 is 5.73 Å². The second-order valence-electron chi connectivity index (χ2n) is 5.21. The lowest BCUT2D eigenvalue weighted by Crippen LogP contribution is -2.39. The number of hydrogen-bond acceptors (Lipinski definition) is 3. The molecule has 0 aliphatic carbocycles. The molecule has 20 heavy (non-hydrogen) atoms. The predicted molar refractivity (Wildman–Crippen MR) is 71.8 cm³/mol. The van der Waals surface area contributed by atoms with Gasteiger partial charge in [-0.1, -0.05) is 19.9 Å². The van der Waals surface area contributed by atoms with Gasteiger partial charge in [0.15, 0.2) is 0 Å². The summed E-state index contributed by atoms with van der Waals surface area (Å²) in [5, 5.41) is 10.0. The summed E-state index contributed by atoms with van der Waals surface area (Å²) in [7, 11) is 0. The summed E-state index contributed by atoms with van der Waals surface area (Å²) in [5.41, 5.74) is 4.75. The summed E-state index contributed by atoms with van der Waals surface area (Å²) in [4.78, 5) is 12.6. The molecule has 0 saturated carbocycles. The van der Waals surface area contributed by atoms with Gasteiger partial charge in [-0.3, -0.25) is 9.69 Å². The van der Waals surface area contributed by atoms with Gasteiger partial charge in [0.05, 0.1) is 18.2 Å². The highest BCUT2D eigenvalue weighted by Crippen LogP contribution is 2.21. The van der Waals surface area contributed by atoms with E-state index in [-0.39, 0.29) is 24.6 Å². The molecule has 0 spiro atoms. The number of halogens is 2. The summed E-state index contributed by atoms with van der Waals surface area (Å²) in [5.74, 6) is -1.93. The first-order valence-electron chi connectivity index (χ1n) is 6.44. The predicted octanol–water partition coefficient (Wildman–Crippen LogP) is 1.44. The standard InChI is InChI=1S/C14H20F2N2O2/c1-9(2)6-18(8-13(17)20)7-12(19)14-10(15)4-3-5-11(14)16/h3-5,9,12,19H,6-8H2,1-2H3,(H2,17,20). The van der Waals surface area contributed by atoms with Crippen LogP contribution in [0.4, 0.5) is 8.78 Å². The maximum atomic E-state index is 13.6. The minimum Gasteiger partial charge on any atom is -0.387 e. The molecule has 1 unspecified atom stereocenters. The summed E-state index contributed by atoms with van der Waals surface area (Å²) in [6.07, 6.45) is -1.35. The number of carbonyl (C=O) groups excluding carboxylic acids is 1. The minimum absolute atomic E-state index is 0.0566. The van der Waals surface area contributed by atoms with Gasteiger partial charge in [-0.2, -0.15) is 0 Å². The van der Waals surface area contributed by atoms with Gasteiger partial charge in [-0.15, -0.1) is 0 Å². The zero-order valence-electron chi connectivity index (χ0n) is 11.6. The Labute approximate surface area is 117 Å². The van der Waals surface area contributed by atoms with Crippen molar-refractivity contribution in [1.29, 1.82) is 0 Å². The summed E-state index contributed by atoms with van der Waals surface area (Å²) >= 11 is 0. The molecule has 6 heteroatoms. The highest BCUT2D eigenvalue weighted by Gasteiger charge is 2.21. The zero-order chi connectivity index (χ0) is 15.3. The topological polar surface area (TPSA) is 66.6 Å². The Hall–Kier alpha value is -1.53. The SMILES string of the molecule is CC(C)CN(CC(N)=O)CC(O)c1c(F)cccc1F. The van der Waals surface area contributed by atoms with E-state index in [2.05, 4.69) is 0 Å². The molecule has 4 nitrogen and oxygen atoms in total. The van der Waals surface area contributed by atoms with Crippen LogP contribution in [0.2, 0.25) is 0 Å². The molecule has 0 aliphatic heterocycles. The number of amides is 1. The van der Waals surface area contributed by atoms with E-state index >= 15 is 0 Å². The second kappa shape index (κ2) is 7.31. The number of carbonyl (C=O) groups is 1. The highest BCUT2D eigenvalue weighted by atomic mass is 19.1. The van der Waals surface area contributed by atoms with Crippen LogP contribution in [0.1, 0.15) is 25.5 Å². The third-order valence-corrected chi connectivity index (χ3v) is 2.77. The van der Waals surface area contributed by atoms with Crippen LogP contribution in [0.25, 0.3) is 0 Å². The van der Waals surface area contributed by atoms with Gasteiger partial charge in [0.25, 0.3) is 0 Å². The van der Waals surface area contributed by atoms with Crippen molar-refractivity contribution in [3.8, 4) is 0 Å². The van der Waals surface area contributed by atoms with Gasteiger partial charge in [0.2, 0.25) is 5.91 Å². The van der Waals surface area contributed by atoms with Crippen molar-refractivity contribution < 1.29 is 18.7 Å². The molecular formula is C14H20F2N2O2. The van der Waals surface area contributed by atoms with Gasteiger partial charge in [0.1, 0.15) is 11.6 Å². The number of benzene rings is 1. The van der Waals surface area contributed by atoms with E-state index in [0.717, 1.165) is 12.1 Å². The summed E-state index contributed by atoms with van der Waals surface area (Å²) < 4.78 is 27.1. The Kier molecular flexibility index (Phi) is 6.04. The van der Waals surface area contributed by atoms with Crippen molar-refractivity contribution in [3.05, 3.63) is 35.4 Å². The molecule has 1 amide bonds. The Morgan fingerprint density at radius 1 is 1.30 bits per heavy atom. The molecule has 0 bridgehead atoms. The quantitative estimate of drug-likeness (QED) is 0.797. The van der Waals surface area contributed by atoms with E-state index in [1.807, 2.05) is 13.8 Å². The van der Waals surface area contributed by atoms with Crippen molar-refractivity contribution in [2.75, 3.05) is 19.6 Å². The number of primary amides is 1. The van der Waals surface area contributed by atoms with Crippen molar-refractivity contribution in [2.24, 2.45) is 11.7 Å². The average molecular weight is 286 g/mol. The lowest BCUT2D eigenvalue weighted by Gasteiger charge is -2.25. The van der Waals surface area contributed by atoms with Crippen LogP contribution in [0, 0.1) is 17.6 Å². The molecule has 0 saturated heterocycles. The van der Waals surface area contributed by atoms with Crippen LogP contribution in [0.3, 0.4) is 0 Å². The summed E-state index contributed by atoms with van der Waals surface area (Å²) in [6.45, 7) is 4.24. The first kappa shape index (κ1) is 16.5. The van der Waals surface area contributed by atoms with Crippen LogP contribution >= 0.6 is 0 Å². The first-order chi connectivity index (χ1) is 9.31. The molecule has 0 fully saturated rings. The van der Waals surface area contributed by atoms with Gasteiger partial charge in [0, 0.05) is 13.1 Å². The normalized spacial score (nSPS) is 12.9. The fraction of sp³-hybridized carbons (Fsp3) is 0.500. The molecule has 0 heterocycles. The first-order valence-corrected chi connectivity index (χ1v) is 6.44. The zero-order valence-corrected chi connectivity index (χ0v) is 11.6. The maximum absolute atomic E-state index is 13.6.